The summed E-state index contributed by atoms with van der Waals surface area (Å²) in [5.74, 6) is 0.196. The van der Waals surface area contributed by atoms with E-state index in [0.29, 0.717) is 23.7 Å². The molecule has 0 saturated heterocycles. The van der Waals surface area contributed by atoms with Gasteiger partial charge in [0.1, 0.15) is 17.6 Å². The minimum absolute atomic E-state index is 0.121. The lowest BCUT2D eigenvalue weighted by atomic mass is 10.1. The lowest BCUT2D eigenvalue weighted by molar-refractivity contribution is -0.121. The Kier molecular flexibility index (Phi) is 6.44. The molecule has 2 rings (SSSR count). The Morgan fingerprint density at radius 1 is 1.25 bits per heavy atom. The monoisotopic (exact) mass is 350 g/mol. The van der Waals surface area contributed by atoms with E-state index < -0.39 is 6.04 Å². The Balaban J connectivity index is 1.81. The predicted octanol–water partition coefficient (Wildman–Crippen LogP) is 3.65. The van der Waals surface area contributed by atoms with Crippen LogP contribution in [0.25, 0.3) is 0 Å². The molecule has 2 aromatic rings. The molecular formula is C18H20ClFN2O2. The molecule has 6 heteroatoms. The molecule has 1 unspecified atom stereocenters. The van der Waals surface area contributed by atoms with Gasteiger partial charge in [-0.15, -0.1) is 0 Å². The van der Waals surface area contributed by atoms with E-state index >= 15 is 0 Å². The highest BCUT2D eigenvalue weighted by atomic mass is 35.5. The van der Waals surface area contributed by atoms with Crippen molar-refractivity contribution in [1.29, 1.82) is 0 Å². The van der Waals surface area contributed by atoms with Gasteiger partial charge in [0.05, 0.1) is 12.1 Å². The summed E-state index contributed by atoms with van der Waals surface area (Å²) in [6.07, 6.45) is 0.646. The van der Waals surface area contributed by atoms with Gasteiger partial charge in [0.15, 0.2) is 0 Å². The number of rotatable bonds is 7. The zero-order chi connectivity index (χ0) is 17.5. The van der Waals surface area contributed by atoms with Crippen molar-refractivity contribution in [3.63, 3.8) is 0 Å². The van der Waals surface area contributed by atoms with Crippen molar-refractivity contribution in [1.82, 2.24) is 5.32 Å². The van der Waals surface area contributed by atoms with Crippen LogP contribution in [0, 0.1) is 5.82 Å². The number of benzene rings is 2. The fourth-order valence-electron chi connectivity index (χ4n) is 2.21. The van der Waals surface area contributed by atoms with Crippen molar-refractivity contribution >= 4 is 23.2 Å². The van der Waals surface area contributed by atoms with Gasteiger partial charge in [0, 0.05) is 12.2 Å². The summed E-state index contributed by atoms with van der Waals surface area (Å²) < 4.78 is 17.9. The minimum atomic E-state index is -0.414. The molecule has 0 bridgehead atoms. The lowest BCUT2D eigenvalue weighted by Crippen LogP contribution is -2.38. The van der Waals surface area contributed by atoms with Crippen LogP contribution in [0.2, 0.25) is 5.02 Å². The van der Waals surface area contributed by atoms with Crippen LogP contribution in [0.5, 0.6) is 5.75 Å². The second-order valence-electron chi connectivity index (χ2n) is 5.38. The normalized spacial score (nSPS) is 11.7. The van der Waals surface area contributed by atoms with Gasteiger partial charge in [0.2, 0.25) is 5.91 Å². The molecular weight excluding hydrogens is 331 g/mol. The number of carbonyl (C=O) groups excluding carboxylic acids is 1. The molecule has 1 amide bonds. The summed E-state index contributed by atoms with van der Waals surface area (Å²) in [6.45, 7) is 2.26. The molecule has 0 saturated carbocycles. The topological polar surface area (TPSA) is 50.4 Å². The molecule has 0 aliphatic rings. The smallest absolute Gasteiger partial charge is 0.242 e. The zero-order valence-corrected chi connectivity index (χ0v) is 14.4. The fraction of sp³-hybridized carbons (Fsp3) is 0.278. The van der Waals surface area contributed by atoms with E-state index in [1.165, 1.54) is 12.1 Å². The molecule has 2 N–H and O–H groups in total. The number of hydrogen-bond acceptors (Lipinski definition) is 3. The van der Waals surface area contributed by atoms with Crippen LogP contribution in [0.3, 0.4) is 0 Å². The lowest BCUT2D eigenvalue weighted by Gasteiger charge is -2.16. The first-order valence-electron chi connectivity index (χ1n) is 7.62. The number of carbonyl (C=O) groups is 1. The summed E-state index contributed by atoms with van der Waals surface area (Å²) in [7, 11) is 1.55. The largest absolute Gasteiger partial charge is 0.495 e. The van der Waals surface area contributed by atoms with Crippen LogP contribution >= 0.6 is 11.6 Å². The maximum absolute atomic E-state index is 12.8. The van der Waals surface area contributed by atoms with Gasteiger partial charge in [-0.2, -0.15) is 0 Å². The standard InChI is InChI=1S/C18H20ClFN2O2/c1-12(22-15-7-8-17(24-2)16(19)11-15)18(23)21-10-9-13-3-5-14(20)6-4-13/h3-8,11-12,22H,9-10H2,1-2H3,(H,21,23). The SMILES string of the molecule is COc1ccc(NC(C)C(=O)NCCc2ccc(F)cc2)cc1Cl. The number of hydrogen-bond donors (Lipinski definition) is 2. The molecule has 24 heavy (non-hydrogen) atoms. The third-order valence-corrected chi connectivity index (χ3v) is 3.85. The van der Waals surface area contributed by atoms with E-state index in [1.54, 1.807) is 44.4 Å². The molecule has 0 aliphatic carbocycles. The van der Waals surface area contributed by atoms with Crippen molar-refractivity contribution < 1.29 is 13.9 Å². The van der Waals surface area contributed by atoms with Gasteiger partial charge in [0.25, 0.3) is 0 Å². The molecule has 0 fully saturated rings. The van der Waals surface area contributed by atoms with Crippen molar-refractivity contribution in [3.05, 3.63) is 58.9 Å². The predicted molar refractivity (Wildman–Crippen MR) is 94.2 cm³/mol. The van der Waals surface area contributed by atoms with Gasteiger partial charge in [-0.25, -0.2) is 4.39 Å². The Hall–Kier alpha value is -2.27. The number of methoxy groups -OCH3 is 1. The van der Waals surface area contributed by atoms with E-state index in [-0.39, 0.29) is 11.7 Å². The summed E-state index contributed by atoms with van der Waals surface area (Å²) in [5, 5.41) is 6.42. The number of halogens is 2. The van der Waals surface area contributed by atoms with E-state index in [4.69, 9.17) is 16.3 Å². The highest BCUT2D eigenvalue weighted by Gasteiger charge is 2.12. The fourth-order valence-corrected chi connectivity index (χ4v) is 2.46. The highest BCUT2D eigenvalue weighted by Crippen LogP contribution is 2.27. The number of amides is 1. The molecule has 1 atom stereocenters. The molecule has 0 radical (unpaired) electrons. The van der Waals surface area contributed by atoms with Crippen LogP contribution in [0.4, 0.5) is 10.1 Å². The summed E-state index contributed by atoms with van der Waals surface area (Å²) in [6, 6.07) is 11.1. The first-order chi connectivity index (χ1) is 11.5. The van der Waals surface area contributed by atoms with E-state index in [2.05, 4.69) is 10.6 Å². The number of anilines is 1. The second-order valence-corrected chi connectivity index (χ2v) is 5.79. The molecule has 0 aliphatic heterocycles. The quantitative estimate of drug-likeness (QED) is 0.801. The molecule has 0 aromatic heterocycles. The average molecular weight is 351 g/mol. The third kappa shape index (κ3) is 5.13. The second kappa shape index (κ2) is 8.55. The van der Waals surface area contributed by atoms with Crippen molar-refractivity contribution in [2.45, 2.75) is 19.4 Å². The minimum Gasteiger partial charge on any atom is -0.495 e. The van der Waals surface area contributed by atoms with Crippen molar-refractivity contribution in [2.24, 2.45) is 0 Å². The highest BCUT2D eigenvalue weighted by molar-refractivity contribution is 6.32. The Morgan fingerprint density at radius 3 is 2.58 bits per heavy atom. The van der Waals surface area contributed by atoms with Crippen LogP contribution in [-0.2, 0) is 11.2 Å². The third-order valence-electron chi connectivity index (χ3n) is 3.55. The average Bonchev–Trinajstić information content (AvgIpc) is 2.56. The zero-order valence-electron chi connectivity index (χ0n) is 13.6. The molecule has 4 nitrogen and oxygen atoms in total. The van der Waals surface area contributed by atoms with Crippen LogP contribution in [-0.4, -0.2) is 25.6 Å². The van der Waals surface area contributed by atoms with E-state index in [0.717, 1.165) is 11.3 Å². The van der Waals surface area contributed by atoms with Crippen LogP contribution < -0.4 is 15.4 Å². The van der Waals surface area contributed by atoms with Gasteiger partial charge < -0.3 is 15.4 Å². The summed E-state index contributed by atoms with van der Waals surface area (Å²) in [4.78, 5) is 12.1. The first-order valence-corrected chi connectivity index (χ1v) is 7.99. The van der Waals surface area contributed by atoms with Crippen LogP contribution in [0.15, 0.2) is 42.5 Å². The van der Waals surface area contributed by atoms with Gasteiger partial charge >= 0.3 is 0 Å². The molecule has 0 spiro atoms. The Bertz CT molecular complexity index is 692. The molecule has 128 valence electrons. The van der Waals surface area contributed by atoms with Gasteiger partial charge in [-0.1, -0.05) is 23.7 Å². The van der Waals surface area contributed by atoms with Gasteiger partial charge in [-0.05, 0) is 49.2 Å². The number of nitrogens with one attached hydrogen (secondary N) is 2. The maximum atomic E-state index is 12.8. The Labute approximate surface area is 146 Å². The van der Waals surface area contributed by atoms with E-state index in [1.807, 2.05) is 0 Å². The first kappa shape index (κ1) is 18.1. The molecule has 2 aromatic carbocycles. The number of ether oxygens (including phenoxy) is 1. The van der Waals surface area contributed by atoms with Crippen molar-refractivity contribution in [2.75, 3.05) is 19.0 Å². The van der Waals surface area contributed by atoms with E-state index in [9.17, 15) is 9.18 Å². The Morgan fingerprint density at radius 2 is 1.96 bits per heavy atom. The summed E-state index contributed by atoms with van der Waals surface area (Å²) >= 11 is 6.06. The maximum Gasteiger partial charge on any atom is 0.242 e. The van der Waals surface area contributed by atoms with Gasteiger partial charge in [-0.3, -0.25) is 4.79 Å². The van der Waals surface area contributed by atoms with Crippen molar-refractivity contribution in [3.8, 4) is 5.75 Å². The molecule has 0 heterocycles. The van der Waals surface area contributed by atoms with Crippen LogP contribution in [0.1, 0.15) is 12.5 Å². The summed E-state index contributed by atoms with van der Waals surface area (Å²) in [5.41, 5.74) is 1.71.